The number of hydrogen-bond donors (Lipinski definition) is 0. The first-order valence-corrected chi connectivity index (χ1v) is 8.82. The molecule has 2 saturated heterocycles. The lowest BCUT2D eigenvalue weighted by atomic mass is 9.83. The van der Waals surface area contributed by atoms with Gasteiger partial charge in [0.15, 0.2) is 0 Å². The van der Waals surface area contributed by atoms with Crippen LogP contribution >= 0.6 is 0 Å². The second-order valence-corrected chi connectivity index (χ2v) is 9.12. The molecule has 24 heavy (non-hydrogen) atoms. The molecule has 1 amide bonds. The molecular formula is C18H32BNO4. The van der Waals surface area contributed by atoms with Crippen LogP contribution in [0.15, 0.2) is 11.5 Å². The van der Waals surface area contributed by atoms with E-state index in [1.165, 1.54) is 0 Å². The molecule has 6 heteroatoms. The van der Waals surface area contributed by atoms with Crippen molar-refractivity contribution in [3.8, 4) is 0 Å². The molecule has 2 heterocycles. The van der Waals surface area contributed by atoms with Crippen molar-refractivity contribution in [2.75, 3.05) is 13.1 Å². The van der Waals surface area contributed by atoms with Gasteiger partial charge in [-0.15, -0.1) is 0 Å². The maximum Gasteiger partial charge on any atom is 0.487 e. The summed E-state index contributed by atoms with van der Waals surface area (Å²) < 4.78 is 17.6. The summed E-state index contributed by atoms with van der Waals surface area (Å²) >= 11 is 0. The van der Waals surface area contributed by atoms with Gasteiger partial charge >= 0.3 is 13.2 Å². The van der Waals surface area contributed by atoms with Crippen molar-refractivity contribution in [1.29, 1.82) is 0 Å². The van der Waals surface area contributed by atoms with Gasteiger partial charge in [0.1, 0.15) is 5.60 Å². The molecule has 5 nitrogen and oxygen atoms in total. The summed E-state index contributed by atoms with van der Waals surface area (Å²) in [6.07, 6.45) is 0.692. The van der Waals surface area contributed by atoms with Crippen LogP contribution in [0.25, 0.3) is 0 Å². The molecule has 2 rings (SSSR count). The Kier molecular flexibility index (Phi) is 5.13. The predicted octanol–water partition coefficient (Wildman–Crippen LogP) is 3.82. The molecule has 0 aromatic carbocycles. The van der Waals surface area contributed by atoms with Crippen LogP contribution in [0.4, 0.5) is 4.79 Å². The Labute approximate surface area is 146 Å². The number of carbonyl (C=O) groups excluding carboxylic acids is 1. The van der Waals surface area contributed by atoms with Crippen molar-refractivity contribution in [3.05, 3.63) is 11.5 Å². The highest BCUT2D eigenvalue weighted by atomic mass is 16.7. The quantitative estimate of drug-likeness (QED) is 0.683. The molecule has 0 N–H and O–H groups in total. The van der Waals surface area contributed by atoms with Crippen LogP contribution < -0.4 is 0 Å². The zero-order valence-corrected chi connectivity index (χ0v) is 16.4. The molecular weight excluding hydrogens is 305 g/mol. The van der Waals surface area contributed by atoms with Gasteiger partial charge in [-0.2, -0.15) is 0 Å². The molecule has 0 bridgehead atoms. The van der Waals surface area contributed by atoms with Gasteiger partial charge in [-0.3, -0.25) is 0 Å². The van der Waals surface area contributed by atoms with E-state index in [9.17, 15) is 4.79 Å². The van der Waals surface area contributed by atoms with E-state index in [1.54, 1.807) is 4.90 Å². The number of carbonyl (C=O) groups is 1. The number of nitrogens with zero attached hydrogens (tertiary/aromatic N) is 1. The maximum atomic E-state index is 12.4. The summed E-state index contributed by atoms with van der Waals surface area (Å²) in [6.45, 7) is 17.3. The number of rotatable bonds is 1. The molecule has 136 valence electrons. The molecule has 2 aliphatic rings. The van der Waals surface area contributed by atoms with E-state index in [-0.39, 0.29) is 24.4 Å². The number of likely N-dealkylation sites (tertiary alicyclic amines) is 1. The van der Waals surface area contributed by atoms with Crippen LogP contribution in [-0.4, -0.2) is 48.0 Å². The smallest absolute Gasteiger partial charge is 0.444 e. The third-order valence-electron chi connectivity index (χ3n) is 4.83. The largest absolute Gasteiger partial charge is 0.487 e. The summed E-state index contributed by atoms with van der Waals surface area (Å²) in [5.41, 5.74) is -0.00860. The zero-order valence-electron chi connectivity index (χ0n) is 16.4. The van der Waals surface area contributed by atoms with Crippen molar-refractivity contribution in [2.45, 2.75) is 78.6 Å². The zero-order chi connectivity index (χ0) is 18.3. The highest BCUT2D eigenvalue weighted by Crippen LogP contribution is 2.37. The fourth-order valence-electron chi connectivity index (χ4n) is 3.00. The maximum absolute atomic E-state index is 12.4. The number of amides is 1. The minimum absolute atomic E-state index is 0.256. The minimum Gasteiger partial charge on any atom is -0.444 e. The summed E-state index contributed by atoms with van der Waals surface area (Å²) in [7, 11) is -0.365. The highest BCUT2D eigenvalue weighted by Gasteiger charge is 2.50. The Morgan fingerprint density at radius 3 is 2.29 bits per heavy atom. The standard InChI is InChI=1S/C18H32BNO4/c1-13-9-14(10-19-23-17(5,6)18(7,8)24-19)12-20(11-13)15(21)22-16(2,3)4/h10,13H,9,11-12H2,1-8H3/b14-10+. The van der Waals surface area contributed by atoms with E-state index in [1.807, 2.05) is 54.4 Å². The molecule has 0 aliphatic carbocycles. The lowest BCUT2D eigenvalue weighted by Crippen LogP contribution is -2.43. The van der Waals surface area contributed by atoms with Gasteiger partial charge in [0, 0.05) is 13.1 Å². The van der Waals surface area contributed by atoms with E-state index < -0.39 is 5.60 Å². The predicted molar refractivity (Wildman–Crippen MR) is 95.8 cm³/mol. The molecule has 1 atom stereocenters. The van der Waals surface area contributed by atoms with Gasteiger partial charge in [0.2, 0.25) is 0 Å². The molecule has 0 saturated carbocycles. The molecule has 1 unspecified atom stereocenters. The van der Waals surface area contributed by atoms with Gasteiger partial charge < -0.3 is 18.9 Å². The van der Waals surface area contributed by atoms with Crippen LogP contribution in [0, 0.1) is 5.92 Å². The van der Waals surface area contributed by atoms with E-state index in [0.29, 0.717) is 12.5 Å². The monoisotopic (exact) mass is 337 g/mol. The second-order valence-electron chi connectivity index (χ2n) is 9.12. The SMILES string of the molecule is CC1C/C(=C\B2OC(C)(C)C(C)(C)O2)CN(C(=O)OC(C)(C)C)C1. The van der Waals surface area contributed by atoms with Crippen LogP contribution in [-0.2, 0) is 14.0 Å². The topological polar surface area (TPSA) is 48.0 Å². The lowest BCUT2D eigenvalue weighted by molar-refractivity contribution is 0.00578. The van der Waals surface area contributed by atoms with Crippen molar-refractivity contribution < 1.29 is 18.8 Å². The van der Waals surface area contributed by atoms with Crippen molar-refractivity contribution in [2.24, 2.45) is 5.92 Å². The molecule has 2 aliphatic heterocycles. The summed E-state index contributed by atoms with van der Waals surface area (Å²) in [5.74, 6) is 2.42. The van der Waals surface area contributed by atoms with Crippen molar-refractivity contribution in [3.63, 3.8) is 0 Å². The van der Waals surface area contributed by atoms with Gasteiger partial charge in [0.25, 0.3) is 0 Å². The van der Waals surface area contributed by atoms with Crippen LogP contribution in [0.3, 0.4) is 0 Å². The Morgan fingerprint density at radius 2 is 1.79 bits per heavy atom. The lowest BCUT2D eigenvalue weighted by Gasteiger charge is -2.34. The Balaban J connectivity index is 2.07. The molecule has 0 spiro atoms. The van der Waals surface area contributed by atoms with Crippen molar-refractivity contribution >= 4 is 13.2 Å². The van der Waals surface area contributed by atoms with Gasteiger partial charge in [-0.1, -0.05) is 18.5 Å². The summed E-state index contributed by atoms with van der Waals surface area (Å²) in [5, 5.41) is 0. The van der Waals surface area contributed by atoms with Gasteiger partial charge in [-0.25, -0.2) is 4.79 Å². The fourth-order valence-corrected chi connectivity index (χ4v) is 3.00. The Bertz CT molecular complexity index is 506. The molecule has 2 fully saturated rings. The number of piperidine rings is 1. The van der Waals surface area contributed by atoms with Crippen LogP contribution in [0.2, 0.25) is 0 Å². The number of ether oxygens (including phenoxy) is 1. The van der Waals surface area contributed by atoms with E-state index in [2.05, 4.69) is 6.92 Å². The Hall–Kier alpha value is -1.01. The van der Waals surface area contributed by atoms with Gasteiger partial charge in [-0.05, 0) is 60.8 Å². The first-order valence-electron chi connectivity index (χ1n) is 8.82. The summed E-state index contributed by atoms with van der Waals surface area (Å²) in [6, 6.07) is 0. The Morgan fingerprint density at radius 1 is 1.25 bits per heavy atom. The average Bonchev–Trinajstić information content (AvgIpc) is 2.54. The fraction of sp³-hybridized carbons (Fsp3) is 0.833. The molecule has 0 radical (unpaired) electrons. The van der Waals surface area contributed by atoms with Crippen LogP contribution in [0.1, 0.15) is 61.8 Å². The average molecular weight is 337 g/mol. The summed E-state index contributed by atoms with van der Waals surface area (Å²) in [4.78, 5) is 14.1. The number of hydrogen-bond acceptors (Lipinski definition) is 4. The van der Waals surface area contributed by atoms with Crippen LogP contribution in [0.5, 0.6) is 0 Å². The normalized spacial score (nSPS) is 28.3. The van der Waals surface area contributed by atoms with E-state index >= 15 is 0 Å². The van der Waals surface area contributed by atoms with E-state index in [4.69, 9.17) is 14.0 Å². The minimum atomic E-state index is -0.479. The first-order chi connectivity index (χ1) is 10.8. The molecule has 0 aromatic heterocycles. The first kappa shape index (κ1) is 19.3. The molecule has 0 aromatic rings. The van der Waals surface area contributed by atoms with E-state index in [0.717, 1.165) is 18.5 Å². The third kappa shape index (κ3) is 4.54. The second kappa shape index (κ2) is 6.38. The van der Waals surface area contributed by atoms with Crippen molar-refractivity contribution in [1.82, 2.24) is 4.90 Å². The van der Waals surface area contributed by atoms with Gasteiger partial charge in [0.05, 0.1) is 11.2 Å². The highest BCUT2D eigenvalue weighted by molar-refractivity contribution is 6.51. The third-order valence-corrected chi connectivity index (χ3v) is 4.83.